The van der Waals surface area contributed by atoms with Crippen LogP contribution in [0.2, 0.25) is 0 Å². The fourth-order valence-electron chi connectivity index (χ4n) is 1.60. The number of ether oxygens (including phenoxy) is 1. The molecule has 1 unspecified atom stereocenters. The van der Waals surface area contributed by atoms with Crippen molar-refractivity contribution in [1.29, 1.82) is 5.26 Å². The highest BCUT2D eigenvalue weighted by Crippen LogP contribution is 2.20. The predicted octanol–water partition coefficient (Wildman–Crippen LogP) is 0.986. The maximum Gasteiger partial charge on any atom is 0.216 e. The van der Waals surface area contributed by atoms with Gasteiger partial charge >= 0.3 is 0 Å². The van der Waals surface area contributed by atoms with Crippen LogP contribution in [-0.2, 0) is 13.6 Å². The summed E-state index contributed by atoms with van der Waals surface area (Å²) < 4.78 is 7.00. The van der Waals surface area contributed by atoms with E-state index < -0.39 is 0 Å². The lowest BCUT2D eigenvalue weighted by Gasteiger charge is -2.07. The second kappa shape index (κ2) is 5.52. The average Bonchev–Trinajstić information content (AvgIpc) is 2.53. The highest BCUT2D eigenvalue weighted by molar-refractivity contribution is 5.30. The van der Waals surface area contributed by atoms with Crippen molar-refractivity contribution in [2.45, 2.75) is 20.4 Å². The van der Waals surface area contributed by atoms with E-state index in [0.717, 1.165) is 17.1 Å². The largest absolute Gasteiger partial charge is 0.481 e. The molecular formula is C11H18N4O. The van der Waals surface area contributed by atoms with E-state index >= 15 is 0 Å². The Labute approximate surface area is 96.0 Å². The Morgan fingerprint density at radius 3 is 2.88 bits per heavy atom. The summed E-state index contributed by atoms with van der Waals surface area (Å²) in [5, 5.41) is 16.2. The minimum absolute atomic E-state index is 0.0166. The van der Waals surface area contributed by atoms with Crippen LogP contribution in [0.3, 0.4) is 0 Å². The lowest BCUT2D eigenvalue weighted by molar-refractivity contribution is 0.367. The summed E-state index contributed by atoms with van der Waals surface area (Å²) in [4.78, 5) is 0. The lowest BCUT2D eigenvalue weighted by Crippen LogP contribution is -2.20. The standard InChI is InChI=1S/C11H18N4O/c1-8(5-12)6-13-7-10-9(2)14-15(3)11(10)16-4/h8,13H,6-7H2,1-4H3. The molecule has 5 nitrogen and oxygen atoms in total. The summed E-state index contributed by atoms with van der Waals surface area (Å²) in [5.41, 5.74) is 2.01. The van der Waals surface area contributed by atoms with Gasteiger partial charge in [-0.2, -0.15) is 10.4 Å². The normalized spacial score (nSPS) is 12.2. The van der Waals surface area contributed by atoms with E-state index in [1.54, 1.807) is 11.8 Å². The van der Waals surface area contributed by atoms with Crippen LogP contribution in [0.1, 0.15) is 18.2 Å². The molecule has 0 saturated carbocycles. The van der Waals surface area contributed by atoms with Crippen molar-refractivity contribution in [2.75, 3.05) is 13.7 Å². The first-order valence-electron chi connectivity index (χ1n) is 5.27. The second-order valence-corrected chi connectivity index (χ2v) is 3.86. The van der Waals surface area contributed by atoms with Crippen molar-refractivity contribution in [3.63, 3.8) is 0 Å². The van der Waals surface area contributed by atoms with Crippen molar-refractivity contribution in [3.05, 3.63) is 11.3 Å². The molecule has 16 heavy (non-hydrogen) atoms. The molecule has 0 aliphatic rings. The van der Waals surface area contributed by atoms with Crippen molar-refractivity contribution < 1.29 is 4.74 Å². The fraction of sp³-hybridized carbons (Fsp3) is 0.636. The van der Waals surface area contributed by atoms with Gasteiger partial charge < -0.3 is 10.1 Å². The van der Waals surface area contributed by atoms with Crippen LogP contribution in [0.5, 0.6) is 5.88 Å². The molecule has 0 amide bonds. The Bertz CT molecular complexity index is 391. The quantitative estimate of drug-likeness (QED) is 0.807. The first kappa shape index (κ1) is 12.5. The van der Waals surface area contributed by atoms with E-state index in [2.05, 4.69) is 16.5 Å². The van der Waals surface area contributed by atoms with Crippen LogP contribution in [0.4, 0.5) is 0 Å². The first-order valence-corrected chi connectivity index (χ1v) is 5.27. The molecule has 0 spiro atoms. The molecule has 1 heterocycles. The number of nitriles is 1. The molecule has 0 aliphatic heterocycles. The summed E-state index contributed by atoms with van der Waals surface area (Å²) in [6.45, 7) is 5.19. The fourth-order valence-corrected chi connectivity index (χ4v) is 1.60. The maximum atomic E-state index is 8.66. The molecule has 1 rings (SSSR count). The highest BCUT2D eigenvalue weighted by Gasteiger charge is 2.13. The number of aryl methyl sites for hydroxylation is 2. The Balaban J connectivity index is 2.63. The average molecular weight is 222 g/mol. The van der Waals surface area contributed by atoms with E-state index in [4.69, 9.17) is 10.00 Å². The molecule has 1 aromatic heterocycles. The summed E-state index contributed by atoms with van der Waals surface area (Å²) in [7, 11) is 3.49. The highest BCUT2D eigenvalue weighted by atomic mass is 16.5. The van der Waals surface area contributed by atoms with Crippen LogP contribution in [0.15, 0.2) is 0 Å². The topological polar surface area (TPSA) is 62.9 Å². The van der Waals surface area contributed by atoms with Gasteiger partial charge in [-0.1, -0.05) is 0 Å². The Morgan fingerprint density at radius 1 is 1.62 bits per heavy atom. The molecule has 0 saturated heterocycles. The van der Waals surface area contributed by atoms with Crippen LogP contribution in [-0.4, -0.2) is 23.4 Å². The molecule has 1 N–H and O–H groups in total. The molecule has 0 aromatic carbocycles. The monoisotopic (exact) mass is 222 g/mol. The summed E-state index contributed by atoms with van der Waals surface area (Å²) in [6, 6.07) is 2.19. The molecule has 0 fully saturated rings. The number of aromatic nitrogens is 2. The van der Waals surface area contributed by atoms with Gasteiger partial charge in [-0.25, -0.2) is 4.68 Å². The third-order valence-corrected chi connectivity index (χ3v) is 2.45. The van der Waals surface area contributed by atoms with Gasteiger partial charge in [0.25, 0.3) is 0 Å². The lowest BCUT2D eigenvalue weighted by atomic mass is 10.2. The SMILES string of the molecule is COc1c(CNCC(C)C#N)c(C)nn1C. The van der Waals surface area contributed by atoms with Crippen LogP contribution >= 0.6 is 0 Å². The van der Waals surface area contributed by atoms with Crippen molar-refractivity contribution in [1.82, 2.24) is 15.1 Å². The number of hydrogen-bond donors (Lipinski definition) is 1. The minimum atomic E-state index is 0.0166. The Kier molecular flexibility index (Phi) is 4.32. The summed E-state index contributed by atoms with van der Waals surface area (Å²) in [6.07, 6.45) is 0. The van der Waals surface area contributed by atoms with E-state index in [-0.39, 0.29) is 5.92 Å². The Hall–Kier alpha value is -1.54. The van der Waals surface area contributed by atoms with Crippen LogP contribution in [0.25, 0.3) is 0 Å². The maximum absolute atomic E-state index is 8.66. The van der Waals surface area contributed by atoms with Crippen molar-refractivity contribution >= 4 is 0 Å². The number of hydrogen-bond acceptors (Lipinski definition) is 4. The summed E-state index contributed by atoms with van der Waals surface area (Å²) in [5.74, 6) is 0.789. The van der Waals surface area contributed by atoms with Gasteiger partial charge in [0.1, 0.15) is 0 Å². The van der Waals surface area contributed by atoms with Gasteiger partial charge in [0.2, 0.25) is 5.88 Å². The number of nitrogens with zero attached hydrogens (tertiary/aromatic N) is 3. The molecule has 88 valence electrons. The summed E-state index contributed by atoms with van der Waals surface area (Å²) >= 11 is 0. The first-order chi connectivity index (χ1) is 7.60. The molecule has 0 radical (unpaired) electrons. The molecule has 0 bridgehead atoms. The van der Waals surface area contributed by atoms with Gasteiger partial charge in [-0.3, -0.25) is 0 Å². The zero-order chi connectivity index (χ0) is 12.1. The van der Waals surface area contributed by atoms with Gasteiger partial charge in [-0.05, 0) is 13.8 Å². The molecule has 1 atom stereocenters. The van der Waals surface area contributed by atoms with E-state index in [9.17, 15) is 0 Å². The van der Waals surface area contributed by atoms with E-state index in [1.165, 1.54) is 0 Å². The van der Waals surface area contributed by atoms with Crippen molar-refractivity contribution in [3.8, 4) is 11.9 Å². The number of methoxy groups -OCH3 is 1. The van der Waals surface area contributed by atoms with E-state index in [0.29, 0.717) is 13.1 Å². The van der Waals surface area contributed by atoms with E-state index in [1.807, 2.05) is 20.9 Å². The smallest absolute Gasteiger partial charge is 0.216 e. The van der Waals surface area contributed by atoms with Gasteiger partial charge in [0, 0.05) is 20.1 Å². The molecule has 5 heteroatoms. The van der Waals surface area contributed by atoms with Crippen LogP contribution < -0.4 is 10.1 Å². The van der Waals surface area contributed by atoms with Crippen LogP contribution in [0, 0.1) is 24.2 Å². The molecular weight excluding hydrogens is 204 g/mol. The van der Waals surface area contributed by atoms with Gasteiger partial charge in [0.15, 0.2) is 0 Å². The zero-order valence-electron chi connectivity index (χ0n) is 10.2. The number of nitrogens with one attached hydrogen (secondary N) is 1. The third kappa shape index (κ3) is 2.74. The Morgan fingerprint density at radius 2 is 2.31 bits per heavy atom. The number of rotatable bonds is 5. The predicted molar refractivity (Wildman–Crippen MR) is 61.0 cm³/mol. The van der Waals surface area contributed by atoms with Crippen molar-refractivity contribution in [2.24, 2.45) is 13.0 Å². The zero-order valence-corrected chi connectivity index (χ0v) is 10.2. The second-order valence-electron chi connectivity index (χ2n) is 3.86. The molecule has 1 aromatic rings. The van der Waals surface area contributed by atoms with Gasteiger partial charge in [0.05, 0.1) is 30.4 Å². The third-order valence-electron chi connectivity index (χ3n) is 2.45. The minimum Gasteiger partial charge on any atom is -0.481 e. The van der Waals surface area contributed by atoms with Gasteiger partial charge in [-0.15, -0.1) is 0 Å². The molecule has 0 aliphatic carbocycles.